The van der Waals surface area contributed by atoms with E-state index >= 15 is 0 Å². The topological polar surface area (TPSA) is 24.5 Å². The van der Waals surface area contributed by atoms with Crippen LogP contribution in [0.5, 0.6) is 0 Å². The Morgan fingerprint density at radius 3 is 2.56 bits per heavy atom. The van der Waals surface area contributed by atoms with Gasteiger partial charge in [0, 0.05) is 32.3 Å². The maximum absolute atomic E-state index is 5.45. The molecule has 16 heavy (non-hydrogen) atoms. The molecule has 0 bridgehead atoms. The van der Waals surface area contributed by atoms with Crippen LogP contribution in [0.3, 0.4) is 0 Å². The van der Waals surface area contributed by atoms with Crippen LogP contribution in [0, 0.1) is 0 Å². The molecule has 1 heterocycles. The van der Waals surface area contributed by atoms with E-state index in [0.717, 1.165) is 24.7 Å². The second kappa shape index (κ2) is 7.07. The monoisotopic (exact) mass is 244 g/mol. The Bertz CT molecular complexity index is 213. The molecular formula is C12H24N2OS. The van der Waals surface area contributed by atoms with Crippen molar-refractivity contribution in [3.05, 3.63) is 0 Å². The second-order valence-electron chi connectivity index (χ2n) is 4.61. The van der Waals surface area contributed by atoms with Crippen LogP contribution in [0.4, 0.5) is 0 Å². The Balaban J connectivity index is 2.33. The van der Waals surface area contributed by atoms with Gasteiger partial charge in [0.15, 0.2) is 5.11 Å². The lowest BCUT2D eigenvalue weighted by molar-refractivity contribution is 0.184. The van der Waals surface area contributed by atoms with Gasteiger partial charge in [0.25, 0.3) is 0 Å². The predicted octanol–water partition coefficient (Wildman–Crippen LogP) is 2.16. The molecule has 0 aliphatic carbocycles. The lowest BCUT2D eigenvalue weighted by atomic mass is 9.98. The molecule has 2 atom stereocenters. The lowest BCUT2D eigenvalue weighted by Crippen LogP contribution is -2.51. The lowest BCUT2D eigenvalue weighted by Gasteiger charge is -2.40. The molecule has 0 aromatic heterocycles. The van der Waals surface area contributed by atoms with Gasteiger partial charge in [-0.15, -0.1) is 0 Å². The number of methoxy groups -OCH3 is 1. The Kier molecular flexibility index (Phi) is 6.06. The Labute approximate surface area is 105 Å². The summed E-state index contributed by atoms with van der Waals surface area (Å²) in [5.74, 6) is 0. The highest BCUT2D eigenvalue weighted by atomic mass is 32.1. The van der Waals surface area contributed by atoms with E-state index < -0.39 is 0 Å². The van der Waals surface area contributed by atoms with E-state index in [4.69, 9.17) is 17.0 Å². The highest BCUT2D eigenvalue weighted by Gasteiger charge is 2.26. The molecule has 0 spiro atoms. The van der Waals surface area contributed by atoms with Crippen LogP contribution in [-0.2, 0) is 4.74 Å². The van der Waals surface area contributed by atoms with E-state index in [1.165, 1.54) is 19.3 Å². The van der Waals surface area contributed by atoms with Crippen LogP contribution in [0.1, 0.15) is 39.5 Å². The van der Waals surface area contributed by atoms with Crippen molar-refractivity contribution in [2.45, 2.75) is 51.6 Å². The summed E-state index contributed by atoms with van der Waals surface area (Å²) < 4.78 is 5.01. The van der Waals surface area contributed by atoms with E-state index in [0.29, 0.717) is 12.1 Å². The first-order valence-electron chi connectivity index (χ1n) is 6.22. The minimum Gasteiger partial charge on any atom is -0.385 e. The molecule has 1 aliphatic rings. The van der Waals surface area contributed by atoms with Gasteiger partial charge in [-0.05, 0) is 51.7 Å². The third kappa shape index (κ3) is 3.91. The highest BCUT2D eigenvalue weighted by Crippen LogP contribution is 2.22. The van der Waals surface area contributed by atoms with Crippen LogP contribution in [-0.4, -0.2) is 42.4 Å². The molecule has 94 valence electrons. The van der Waals surface area contributed by atoms with Crippen molar-refractivity contribution in [2.75, 3.05) is 20.3 Å². The van der Waals surface area contributed by atoms with E-state index in [1.54, 1.807) is 7.11 Å². The smallest absolute Gasteiger partial charge is 0.169 e. The first-order chi connectivity index (χ1) is 7.66. The van der Waals surface area contributed by atoms with Crippen LogP contribution < -0.4 is 5.32 Å². The minimum atomic E-state index is 0.575. The highest BCUT2D eigenvalue weighted by molar-refractivity contribution is 7.80. The summed E-state index contributed by atoms with van der Waals surface area (Å²) in [6.45, 7) is 6.22. The summed E-state index contributed by atoms with van der Waals surface area (Å²) in [6.07, 6.45) is 4.84. The molecule has 0 aromatic rings. The van der Waals surface area contributed by atoms with Crippen molar-refractivity contribution in [1.29, 1.82) is 0 Å². The standard InChI is InChI=1S/C12H24N2OS/c1-10-6-4-7-11(2)14(10)12(16)13-8-5-9-15-3/h10-11H,4-9H2,1-3H3,(H,13,16). The summed E-state index contributed by atoms with van der Waals surface area (Å²) >= 11 is 5.45. The van der Waals surface area contributed by atoms with E-state index in [1.807, 2.05) is 0 Å². The molecule has 2 unspecified atom stereocenters. The second-order valence-corrected chi connectivity index (χ2v) is 5.00. The predicted molar refractivity (Wildman–Crippen MR) is 71.7 cm³/mol. The zero-order valence-electron chi connectivity index (χ0n) is 10.7. The number of nitrogens with one attached hydrogen (secondary N) is 1. The first-order valence-corrected chi connectivity index (χ1v) is 6.62. The van der Waals surface area contributed by atoms with E-state index in [9.17, 15) is 0 Å². The molecule has 0 saturated carbocycles. The maximum atomic E-state index is 5.45. The number of piperidine rings is 1. The fourth-order valence-corrected chi connectivity index (χ4v) is 2.79. The number of hydrogen-bond donors (Lipinski definition) is 1. The van der Waals surface area contributed by atoms with Gasteiger partial charge in [0.05, 0.1) is 0 Å². The normalized spacial score (nSPS) is 25.6. The zero-order valence-corrected chi connectivity index (χ0v) is 11.5. The van der Waals surface area contributed by atoms with Crippen molar-refractivity contribution in [3.63, 3.8) is 0 Å². The van der Waals surface area contributed by atoms with Gasteiger partial charge in [-0.25, -0.2) is 0 Å². The number of nitrogens with zero attached hydrogens (tertiary/aromatic N) is 1. The number of thiocarbonyl (C=S) groups is 1. The molecule has 3 nitrogen and oxygen atoms in total. The van der Waals surface area contributed by atoms with Gasteiger partial charge >= 0.3 is 0 Å². The molecule has 1 saturated heterocycles. The van der Waals surface area contributed by atoms with Crippen molar-refractivity contribution in [3.8, 4) is 0 Å². The molecule has 1 N–H and O–H groups in total. The van der Waals surface area contributed by atoms with Crippen LogP contribution >= 0.6 is 12.2 Å². The molecule has 0 amide bonds. The minimum absolute atomic E-state index is 0.575. The van der Waals surface area contributed by atoms with Gasteiger partial charge in [-0.3, -0.25) is 0 Å². The van der Waals surface area contributed by atoms with Gasteiger partial charge < -0.3 is 15.0 Å². The van der Waals surface area contributed by atoms with Crippen molar-refractivity contribution < 1.29 is 4.74 Å². The summed E-state index contributed by atoms with van der Waals surface area (Å²) in [7, 11) is 1.73. The molecule has 0 radical (unpaired) electrons. The number of rotatable bonds is 4. The fourth-order valence-electron chi connectivity index (χ4n) is 2.32. The quantitative estimate of drug-likeness (QED) is 0.605. The number of hydrogen-bond acceptors (Lipinski definition) is 2. The van der Waals surface area contributed by atoms with Crippen molar-refractivity contribution in [1.82, 2.24) is 10.2 Å². The molecule has 1 rings (SSSR count). The summed E-state index contributed by atoms with van der Waals surface area (Å²) in [4.78, 5) is 2.35. The summed E-state index contributed by atoms with van der Waals surface area (Å²) in [5.41, 5.74) is 0. The van der Waals surface area contributed by atoms with E-state index in [2.05, 4.69) is 24.1 Å². The van der Waals surface area contributed by atoms with Crippen molar-refractivity contribution in [2.24, 2.45) is 0 Å². The van der Waals surface area contributed by atoms with Crippen LogP contribution in [0.25, 0.3) is 0 Å². The summed E-state index contributed by atoms with van der Waals surface area (Å²) in [6, 6.07) is 1.15. The largest absolute Gasteiger partial charge is 0.385 e. The Morgan fingerprint density at radius 1 is 1.38 bits per heavy atom. The molecular weight excluding hydrogens is 220 g/mol. The van der Waals surface area contributed by atoms with Gasteiger partial charge in [0.1, 0.15) is 0 Å². The first kappa shape index (κ1) is 13.7. The van der Waals surface area contributed by atoms with Crippen LogP contribution in [0.15, 0.2) is 0 Å². The Morgan fingerprint density at radius 2 is 2.00 bits per heavy atom. The SMILES string of the molecule is COCCCNC(=S)N1C(C)CCCC1C. The molecule has 1 fully saturated rings. The molecule has 0 aromatic carbocycles. The molecule has 1 aliphatic heterocycles. The number of ether oxygens (including phenoxy) is 1. The average Bonchev–Trinajstić information content (AvgIpc) is 2.24. The average molecular weight is 244 g/mol. The van der Waals surface area contributed by atoms with Crippen LogP contribution in [0.2, 0.25) is 0 Å². The van der Waals surface area contributed by atoms with Gasteiger partial charge in [-0.1, -0.05) is 0 Å². The van der Waals surface area contributed by atoms with Gasteiger partial charge in [-0.2, -0.15) is 0 Å². The maximum Gasteiger partial charge on any atom is 0.169 e. The molecule has 4 heteroatoms. The zero-order chi connectivity index (χ0) is 12.0. The fraction of sp³-hybridized carbons (Fsp3) is 0.917. The van der Waals surface area contributed by atoms with Gasteiger partial charge in [0.2, 0.25) is 0 Å². The summed E-state index contributed by atoms with van der Waals surface area (Å²) in [5, 5.41) is 4.24. The van der Waals surface area contributed by atoms with Crippen molar-refractivity contribution >= 4 is 17.3 Å². The Hall–Kier alpha value is -0.350. The van der Waals surface area contributed by atoms with E-state index in [-0.39, 0.29) is 0 Å². The third-order valence-electron chi connectivity index (χ3n) is 3.23. The third-order valence-corrected chi connectivity index (χ3v) is 3.58. The number of likely N-dealkylation sites (tertiary alicyclic amines) is 1.